The summed E-state index contributed by atoms with van der Waals surface area (Å²) in [6.45, 7) is 4.00. The predicted molar refractivity (Wildman–Crippen MR) is 67.9 cm³/mol. The molecule has 0 atom stereocenters. The van der Waals surface area contributed by atoms with Crippen molar-refractivity contribution >= 4 is 16.3 Å². The number of hydrogen-bond acceptors (Lipinski definition) is 2. The first-order valence-electron chi connectivity index (χ1n) is 5.36. The van der Waals surface area contributed by atoms with Crippen LogP contribution in [0.15, 0.2) is 29.6 Å². The normalized spacial score (nSPS) is 11.2. The van der Waals surface area contributed by atoms with Gasteiger partial charge in [0.15, 0.2) is 4.96 Å². The molecule has 0 aliphatic rings. The number of hydrogen-bond donors (Lipinski definition) is 0. The Labute approximate surface area is 102 Å². The van der Waals surface area contributed by atoms with Crippen molar-refractivity contribution in [2.75, 3.05) is 0 Å². The Bertz CT molecular complexity index is 697. The monoisotopic (exact) mass is 246 g/mol. The molecular formula is C13H11FN2S. The van der Waals surface area contributed by atoms with Crippen molar-refractivity contribution in [3.05, 3.63) is 46.9 Å². The molecule has 0 N–H and O–H groups in total. The summed E-state index contributed by atoms with van der Waals surface area (Å²) in [6, 6.07) is 6.76. The third kappa shape index (κ3) is 1.48. The first-order chi connectivity index (χ1) is 8.18. The molecule has 0 unspecified atom stereocenters. The van der Waals surface area contributed by atoms with E-state index in [1.165, 1.54) is 6.07 Å². The number of aryl methyl sites for hydroxylation is 2. The van der Waals surface area contributed by atoms with Gasteiger partial charge in [-0.15, -0.1) is 11.3 Å². The van der Waals surface area contributed by atoms with Crippen LogP contribution in [-0.4, -0.2) is 9.38 Å². The minimum atomic E-state index is -0.223. The molecule has 3 aromatic rings. The van der Waals surface area contributed by atoms with Gasteiger partial charge in [-0.1, -0.05) is 12.1 Å². The highest BCUT2D eigenvalue weighted by Crippen LogP contribution is 2.29. The number of rotatable bonds is 1. The smallest absolute Gasteiger partial charge is 0.194 e. The van der Waals surface area contributed by atoms with Gasteiger partial charge in [0.25, 0.3) is 0 Å². The molecule has 0 saturated heterocycles. The summed E-state index contributed by atoms with van der Waals surface area (Å²) in [7, 11) is 0. The number of benzene rings is 1. The van der Waals surface area contributed by atoms with Crippen LogP contribution in [-0.2, 0) is 0 Å². The Balaban J connectivity index is 2.32. The second-order valence-electron chi connectivity index (χ2n) is 4.02. The highest BCUT2D eigenvalue weighted by Gasteiger charge is 2.15. The van der Waals surface area contributed by atoms with Gasteiger partial charge in [0.05, 0.1) is 5.69 Å². The van der Waals surface area contributed by atoms with Gasteiger partial charge in [0.1, 0.15) is 5.82 Å². The summed E-state index contributed by atoms with van der Waals surface area (Å²) in [5.74, 6) is -0.223. The topological polar surface area (TPSA) is 17.3 Å². The molecule has 0 spiro atoms. The van der Waals surface area contributed by atoms with Crippen LogP contribution in [0.2, 0.25) is 0 Å². The van der Waals surface area contributed by atoms with Crippen LogP contribution >= 0.6 is 11.3 Å². The summed E-state index contributed by atoms with van der Waals surface area (Å²) in [5.41, 5.74) is 3.43. The predicted octanol–water partition coefficient (Wildman–Crippen LogP) is 3.82. The molecule has 2 nitrogen and oxygen atoms in total. The third-order valence-electron chi connectivity index (χ3n) is 2.89. The summed E-state index contributed by atoms with van der Waals surface area (Å²) in [6.07, 6.45) is 0. The Morgan fingerprint density at radius 3 is 2.71 bits per heavy atom. The van der Waals surface area contributed by atoms with E-state index in [0.29, 0.717) is 5.56 Å². The number of nitrogens with zero attached hydrogens (tertiary/aromatic N) is 2. The van der Waals surface area contributed by atoms with Crippen molar-refractivity contribution in [3.8, 4) is 11.3 Å². The number of aromatic nitrogens is 2. The van der Waals surface area contributed by atoms with E-state index in [9.17, 15) is 4.39 Å². The summed E-state index contributed by atoms with van der Waals surface area (Å²) in [5, 5.41) is 2.06. The van der Waals surface area contributed by atoms with Gasteiger partial charge < -0.3 is 0 Å². The van der Waals surface area contributed by atoms with Gasteiger partial charge in [-0.25, -0.2) is 9.37 Å². The van der Waals surface area contributed by atoms with Gasteiger partial charge in [0.2, 0.25) is 0 Å². The van der Waals surface area contributed by atoms with Crippen molar-refractivity contribution < 1.29 is 4.39 Å². The molecule has 0 amide bonds. The van der Waals surface area contributed by atoms with E-state index in [1.807, 2.05) is 19.9 Å². The summed E-state index contributed by atoms with van der Waals surface area (Å²) >= 11 is 1.58. The van der Waals surface area contributed by atoms with Crippen LogP contribution in [0.4, 0.5) is 4.39 Å². The number of imidazole rings is 1. The van der Waals surface area contributed by atoms with Crippen molar-refractivity contribution in [2.24, 2.45) is 0 Å². The molecule has 0 bridgehead atoms. The van der Waals surface area contributed by atoms with Crippen LogP contribution in [0, 0.1) is 19.7 Å². The lowest BCUT2D eigenvalue weighted by molar-refractivity contribution is 0.630. The number of halogens is 1. The van der Waals surface area contributed by atoms with Gasteiger partial charge >= 0.3 is 0 Å². The quantitative estimate of drug-likeness (QED) is 0.638. The highest BCUT2D eigenvalue weighted by atomic mass is 32.1. The van der Waals surface area contributed by atoms with E-state index in [4.69, 9.17) is 0 Å². The van der Waals surface area contributed by atoms with Crippen LogP contribution in [0.3, 0.4) is 0 Å². The molecule has 2 aromatic heterocycles. The maximum absolute atomic E-state index is 13.7. The molecule has 0 aliphatic heterocycles. The largest absolute Gasteiger partial charge is 0.292 e. The lowest BCUT2D eigenvalue weighted by Crippen LogP contribution is -1.90. The molecule has 86 valence electrons. The fourth-order valence-electron chi connectivity index (χ4n) is 2.07. The molecule has 1 aromatic carbocycles. The average molecular weight is 246 g/mol. The maximum Gasteiger partial charge on any atom is 0.194 e. The van der Waals surface area contributed by atoms with Gasteiger partial charge in [-0.3, -0.25) is 4.40 Å². The van der Waals surface area contributed by atoms with Gasteiger partial charge in [-0.2, -0.15) is 0 Å². The van der Waals surface area contributed by atoms with E-state index in [2.05, 4.69) is 14.8 Å². The van der Waals surface area contributed by atoms with Crippen LogP contribution in [0.5, 0.6) is 0 Å². The van der Waals surface area contributed by atoms with Crippen molar-refractivity contribution in [1.82, 2.24) is 9.38 Å². The second-order valence-corrected chi connectivity index (χ2v) is 4.86. The van der Waals surface area contributed by atoms with Crippen molar-refractivity contribution in [2.45, 2.75) is 13.8 Å². The Morgan fingerprint density at radius 2 is 2.00 bits per heavy atom. The second kappa shape index (κ2) is 3.67. The first-order valence-corrected chi connectivity index (χ1v) is 6.24. The fraction of sp³-hybridized carbons (Fsp3) is 0.154. The SMILES string of the molecule is Cc1csc2nc(-c3ccccc3F)c(C)n12. The number of thiazole rings is 1. The zero-order valence-electron chi connectivity index (χ0n) is 9.57. The minimum Gasteiger partial charge on any atom is -0.292 e. The van der Waals surface area contributed by atoms with Gasteiger partial charge in [-0.05, 0) is 26.0 Å². The third-order valence-corrected chi connectivity index (χ3v) is 3.84. The molecule has 0 fully saturated rings. The van der Waals surface area contributed by atoms with E-state index in [1.54, 1.807) is 23.5 Å². The average Bonchev–Trinajstić information content (AvgIpc) is 2.82. The van der Waals surface area contributed by atoms with Crippen LogP contribution in [0.1, 0.15) is 11.4 Å². The zero-order valence-corrected chi connectivity index (χ0v) is 10.4. The van der Waals surface area contributed by atoms with E-state index in [0.717, 1.165) is 22.0 Å². The summed E-state index contributed by atoms with van der Waals surface area (Å²) in [4.78, 5) is 5.42. The van der Waals surface area contributed by atoms with Crippen molar-refractivity contribution in [3.63, 3.8) is 0 Å². The molecule has 2 heterocycles. The van der Waals surface area contributed by atoms with E-state index in [-0.39, 0.29) is 5.82 Å². The molecule has 4 heteroatoms. The lowest BCUT2D eigenvalue weighted by Gasteiger charge is -2.01. The minimum absolute atomic E-state index is 0.223. The molecule has 3 rings (SSSR count). The highest BCUT2D eigenvalue weighted by molar-refractivity contribution is 7.15. The fourth-order valence-corrected chi connectivity index (χ4v) is 2.98. The van der Waals surface area contributed by atoms with Crippen LogP contribution < -0.4 is 0 Å². The lowest BCUT2D eigenvalue weighted by atomic mass is 10.1. The molecule has 17 heavy (non-hydrogen) atoms. The Morgan fingerprint density at radius 1 is 1.24 bits per heavy atom. The van der Waals surface area contributed by atoms with E-state index < -0.39 is 0 Å². The Kier molecular flexibility index (Phi) is 2.26. The molecular weight excluding hydrogens is 235 g/mol. The van der Waals surface area contributed by atoms with Crippen molar-refractivity contribution in [1.29, 1.82) is 0 Å². The summed E-state index contributed by atoms with van der Waals surface area (Å²) < 4.78 is 15.8. The standard InChI is InChI=1S/C13H11FN2S/c1-8-7-17-13-15-12(9(2)16(8)13)10-5-3-4-6-11(10)14/h3-7H,1-2H3. The maximum atomic E-state index is 13.7. The molecule has 0 radical (unpaired) electrons. The number of fused-ring (bicyclic) bond motifs is 1. The molecule has 0 aliphatic carbocycles. The first kappa shape index (κ1) is 10.5. The van der Waals surface area contributed by atoms with Gasteiger partial charge in [0, 0.05) is 22.3 Å². The molecule has 0 saturated carbocycles. The Hall–Kier alpha value is -1.68. The van der Waals surface area contributed by atoms with Crippen LogP contribution in [0.25, 0.3) is 16.2 Å². The van der Waals surface area contributed by atoms with E-state index >= 15 is 0 Å². The zero-order chi connectivity index (χ0) is 12.0.